The summed E-state index contributed by atoms with van der Waals surface area (Å²) in [4.78, 5) is 2.38. The van der Waals surface area contributed by atoms with Crippen LogP contribution in [0.3, 0.4) is 0 Å². The summed E-state index contributed by atoms with van der Waals surface area (Å²) in [5.41, 5.74) is 8.36. The van der Waals surface area contributed by atoms with Crippen molar-refractivity contribution in [2.45, 2.75) is 0 Å². The van der Waals surface area contributed by atoms with Gasteiger partial charge in [-0.25, -0.2) is 0 Å². The van der Waals surface area contributed by atoms with Crippen molar-refractivity contribution in [2.75, 3.05) is 4.90 Å². The smallest absolute Gasteiger partial charge is 0.0540 e. The van der Waals surface area contributed by atoms with Gasteiger partial charge in [0, 0.05) is 42.7 Å². The van der Waals surface area contributed by atoms with Gasteiger partial charge >= 0.3 is 0 Å². The normalized spacial score (nSPS) is 11.3. The first-order valence-corrected chi connectivity index (χ1v) is 15.1. The van der Waals surface area contributed by atoms with E-state index < -0.39 is 0 Å². The maximum absolute atomic E-state index is 2.38. The third-order valence-electron chi connectivity index (χ3n) is 8.08. The van der Waals surface area contributed by atoms with Crippen molar-refractivity contribution < 1.29 is 0 Å². The zero-order chi connectivity index (χ0) is 27.9. The fraction of sp³-hybridized carbons (Fsp3) is 0. The minimum atomic E-state index is 1.13. The zero-order valence-electron chi connectivity index (χ0n) is 22.9. The van der Waals surface area contributed by atoms with E-state index >= 15 is 0 Å². The molecule has 0 saturated heterocycles. The highest BCUT2D eigenvalue weighted by atomic mass is 32.1. The molecule has 0 bridgehead atoms. The summed E-state index contributed by atoms with van der Waals surface area (Å²) in [6.45, 7) is 0. The molecule has 1 aromatic heterocycles. The van der Waals surface area contributed by atoms with Gasteiger partial charge in [-0.3, -0.25) is 0 Å². The number of para-hydroxylation sites is 2. The number of anilines is 3. The minimum Gasteiger partial charge on any atom is -0.310 e. The van der Waals surface area contributed by atoms with Crippen LogP contribution in [-0.4, -0.2) is 0 Å². The lowest BCUT2D eigenvalue weighted by Crippen LogP contribution is -2.11. The molecule has 0 aliphatic carbocycles. The summed E-state index contributed by atoms with van der Waals surface area (Å²) >= 11 is 1.88. The van der Waals surface area contributed by atoms with E-state index in [1.165, 1.54) is 53.2 Å². The Morgan fingerprint density at radius 1 is 0.381 bits per heavy atom. The quantitative estimate of drug-likeness (QED) is 0.205. The number of rotatable bonds is 5. The van der Waals surface area contributed by atoms with Crippen molar-refractivity contribution in [3.05, 3.63) is 164 Å². The molecule has 0 radical (unpaired) electrons. The molecule has 0 fully saturated rings. The van der Waals surface area contributed by atoms with Gasteiger partial charge in [-0.05, 0) is 58.3 Å². The lowest BCUT2D eigenvalue weighted by molar-refractivity contribution is 1.28. The van der Waals surface area contributed by atoms with Gasteiger partial charge in [0.25, 0.3) is 0 Å². The Bertz CT molecular complexity index is 2190. The first-order valence-electron chi connectivity index (χ1n) is 14.3. The van der Waals surface area contributed by atoms with E-state index in [-0.39, 0.29) is 0 Å². The van der Waals surface area contributed by atoms with Crippen LogP contribution in [0.1, 0.15) is 0 Å². The molecule has 0 unspecified atom stereocenters. The fourth-order valence-electron chi connectivity index (χ4n) is 6.13. The fourth-order valence-corrected chi connectivity index (χ4v) is 7.36. The molecule has 0 aliphatic heterocycles. The second kappa shape index (κ2) is 10.3. The van der Waals surface area contributed by atoms with Crippen LogP contribution in [0.4, 0.5) is 17.1 Å². The topological polar surface area (TPSA) is 3.24 Å². The molecule has 1 nitrogen and oxygen atoms in total. The van der Waals surface area contributed by atoms with E-state index in [1.54, 1.807) is 0 Å². The predicted octanol–water partition coefficient (Wildman–Crippen LogP) is 12.0. The molecule has 0 atom stereocenters. The van der Waals surface area contributed by atoms with Crippen molar-refractivity contribution >= 4 is 59.3 Å². The van der Waals surface area contributed by atoms with Crippen molar-refractivity contribution in [2.24, 2.45) is 0 Å². The highest BCUT2D eigenvalue weighted by Crippen LogP contribution is 2.46. The molecule has 0 amide bonds. The zero-order valence-corrected chi connectivity index (χ0v) is 23.8. The summed E-state index contributed by atoms with van der Waals surface area (Å²) in [5.74, 6) is 0. The number of fused-ring (bicyclic) bond motifs is 4. The van der Waals surface area contributed by atoms with Crippen LogP contribution in [0.15, 0.2) is 164 Å². The molecule has 42 heavy (non-hydrogen) atoms. The van der Waals surface area contributed by atoms with Crippen LogP contribution in [0.2, 0.25) is 0 Å². The lowest BCUT2D eigenvalue weighted by atomic mass is 9.97. The summed E-state index contributed by atoms with van der Waals surface area (Å²) in [7, 11) is 0. The van der Waals surface area contributed by atoms with Gasteiger partial charge in [-0.15, -0.1) is 11.3 Å². The molecule has 198 valence electrons. The van der Waals surface area contributed by atoms with E-state index in [0.717, 1.165) is 17.1 Å². The second-order valence-corrected chi connectivity index (χ2v) is 11.6. The number of benzene rings is 7. The number of hydrogen-bond donors (Lipinski definition) is 0. The Morgan fingerprint density at radius 2 is 0.976 bits per heavy atom. The molecule has 8 rings (SSSR count). The van der Waals surface area contributed by atoms with Gasteiger partial charge in [0.1, 0.15) is 0 Å². The van der Waals surface area contributed by atoms with Crippen LogP contribution in [0.5, 0.6) is 0 Å². The first kappa shape index (κ1) is 24.6. The third-order valence-corrected chi connectivity index (χ3v) is 9.30. The summed E-state index contributed by atoms with van der Waals surface area (Å²) in [6, 6.07) is 59.1. The Labute approximate surface area is 249 Å². The van der Waals surface area contributed by atoms with Crippen LogP contribution >= 0.6 is 11.3 Å². The van der Waals surface area contributed by atoms with E-state index in [9.17, 15) is 0 Å². The average molecular weight is 554 g/mol. The SMILES string of the molecule is c1ccc(N(c2ccc(-c3cccc4ccccc34)cc2)c2ccccc2-c2cccc3c2sc2ccccc23)cc1. The standard InChI is InChI=1S/C40H27NS/c1-2-14-30(15-3-1)41(31-26-24-29(25-27-31)33-19-10-13-28-12-4-5-16-32(28)33)38-22-8-6-17-34(38)36-20-11-21-37-35-18-7-9-23-39(35)42-40(36)37/h1-27H. The molecular weight excluding hydrogens is 527 g/mol. The monoisotopic (exact) mass is 553 g/mol. The molecule has 8 aromatic rings. The molecule has 7 aromatic carbocycles. The molecule has 0 saturated carbocycles. The molecular formula is C40H27NS. The first-order chi connectivity index (χ1) is 20.8. The van der Waals surface area contributed by atoms with Gasteiger partial charge in [0.15, 0.2) is 0 Å². The van der Waals surface area contributed by atoms with Crippen LogP contribution in [0.25, 0.3) is 53.2 Å². The highest BCUT2D eigenvalue weighted by Gasteiger charge is 2.19. The van der Waals surface area contributed by atoms with E-state index in [4.69, 9.17) is 0 Å². The Kier molecular flexibility index (Phi) is 6.05. The average Bonchev–Trinajstić information content (AvgIpc) is 3.45. The van der Waals surface area contributed by atoms with Gasteiger partial charge in [-0.1, -0.05) is 127 Å². The molecule has 1 heterocycles. The van der Waals surface area contributed by atoms with E-state index in [0.29, 0.717) is 0 Å². The number of thiophene rings is 1. The number of nitrogens with zero attached hydrogens (tertiary/aromatic N) is 1. The van der Waals surface area contributed by atoms with Crippen molar-refractivity contribution in [3.8, 4) is 22.3 Å². The van der Waals surface area contributed by atoms with E-state index in [1.807, 2.05) is 11.3 Å². The summed E-state index contributed by atoms with van der Waals surface area (Å²) in [6.07, 6.45) is 0. The highest BCUT2D eigenvalue weighted by molar-refractivity contribution is 7.26. The molecule has 0 spiro atoms. The Morgan fingerprint density at radius 3 is 1.86 bits per heavy atom. The van der Waals surface area contributed by atoms with Crippen molar-refractivity contribution in [1.29, 1.82) is 0 Å². The molecule has 0 N–H and O–H groups in total. The summed E-state index contributed by atoms with van der Waals surface area (Å²) in [5, 5.41) is 5.16. The third kappa shape index (κ3) is 4.16. The Balaban J connectivity index is 1.30. The van der Waals surface area contributed by atoms with Crippen LogP contribution < -0.4 is 4.90 Å². The second-order valence-electron chi connectivity index (χ2n) is 10.5. The minimum absolute atomic E-state index is 1.13. The molecule has 2 heteroatoms. The predicted molar refractivity (Wildman–Crippen MR) is 182 cm³/mol. The van der Waals surface area contributed by atoms with Gasteiger partial charge in [0.05, 0.1) is 5.69 Å². The largest absolute Gasteiger partial charge is 0.310 e. The van der Waals surface area contributed by atoms with Crippen molar-refractivity contribution in [3.63, 3.8) is 0 Å². The number of hydrogen-bond acceptors (Lipinski definition) is 2. The molecule has 0 aliphatic rings. The Hall–Kier alpha value is -5.18. The van der Waals surface area contributed by atoms with E-state index in [2.05, 4.69) is 169 Å². The maximum Gasteiger partial charge on any atom is 0.0540 e. The van der Waals surface area contributed by atoms with Crippen LogP contribution in [-0.2, 0) is 0 Å². The van der Waals surface area contributed by atoms with Crippen LogP contribution in [0, 0.1) is 0 Å². The van der Waals surface area contributed by atoms with Gasteiger partial charge in [0.2, 0.25) is 0 Å². The summed E-state index contributed by atoms with van der Waals surface area (Å²) < 4.78 is 2.65. The van der Waals surface area contributed by atoms with Gasteiger partial charge in [-0.2, -0.15) is 0 Å². The van der Waals surface area contributed by atoms with Crippen molar-refractivity contribution in [1.82, 2.24) is 0 Å². The maximum atomic E-state index is 2.38. The lowest BCUT2D eigenvalue weighted by Gasteiger charge is -2.28. The van der Waals surface area contributed by atoms with Gasteiger partial charge < -0.3 is 4.90 Å².